The Bertz CT molecular complexity index is 583. The quantitative estimate of drug-likeness (QED) is 0.875. The van der Waals surface area contributed by atoms with E-state index in [-0.39, 0.29) is 6.04 Å². The van der Waals surface area contributed by atoms with Gasteiger partial charge >= 0.3 is 0 Å². The number of hydrogen-bond donors (Lipinski definition) is 1. The van der Waals surface area contributed by atoms with Crippen LogP contribution in [0.25, 0.3) is 5.65 Å². The first-order valence-electron chi connectivity index (χ1n) is 6.35. The van der Waals surface area contributed by atoms with Gasteiger partial charge in [-0.25, -0.2) is 4.52 Å². The van der Waals surface area contributed by atoms with Gasteiger partial charge in [-0.3, -0.25) is 0 Å². The van der Waals surface area contributed by atoms with Gasteiger partial charge in [0, 0.05) is 32.4 Å². The highest BCUT2D eigenvalue weighted by atomic mass is 79.9. The molecule has 19 heavy (non-hydrogen) atoms. The highest BCUT2D eigenvalue weighted by Gasteiger charge is 2.27. The monoisotopic (exact) mass is 324 g/mol. The second-order valence-electron chi connectivity index (χ2n) is 4.88. The van der Waals surface area contributed by atoms with Gasteiger partial charge in [0.1, 0.15) is 0 Å². The number of hydrogen-bond acceptors (Lipinski definition) is 5. The fourth-order valence-corrected chi connectivity index (χ4v) is 2.88. The summed E-state index contributed by atoms with van der Waals surface area (Å²) in [5.41, 5.74) is 6.72. The van der Waals surface area contributed by atoms with E-state index in [0.717, 1.165) is 35.7 Å². The summed E-state index contributed by atoms with van der Waals surface area (Å²) in [5, 5.41) is 4.55. The van der Waals surface area contributed by atoms with Gasteiger partial charge < -0.3 is 15.5 Å². The van der Waals surface area contributed by atoms with Gasteiger partial charge in [-0.2, -0.15) is 4.98 Å². The number of likely N-dealkylation sites (N-methyl/N-ethyl adjacent to an activating group) is 1. The lowest BCUT2D eigenvalue weighted by molar-refractivity contribution is 0.268. The number of anilines is 1. The Balaban J connectivity index is 1.97. The zero-order valence-corrected chi connectivity index (χ0v) is 12.4. The molecule has 2 aromatic rings. The van der Waals surface area contributed by atoms with Crippen molar-refractivity contribution in [2.45, 2.75) is 6.04 Å². The zero-order valence-electron chi connectivity index (χ0n) is 10.8. The molecule has 1 aliphatic heterocycles. The van der Waals surface area contributed by atoms with Crippen LogP contribution in [-0.4, -0.2) is 58.8 Å². The van der Waals surface area contributed by atoms with E-state index in [9.17, 15) is 0 Å². The number of aromatic nitrogens is 3. The molecular weight excluding hydrogens is 308 g/mol. The van der Waals surface area contributed by atoms with E-state index in [0.29, 0.717) is 6.54 Å². The van der Waals surface area contributed by atoms with Gasteiger partial charge in [0.2, 0.25) is 5.95 Å². The SMILES string of the molecule is CN1CCN(c2nc3c(Br)cccn3n2)C(CN)C1. The molecule has 0 radical (unpaired) electrons. The number of piperazine rings is 1. The first kappa shape index (κ1) is 12.8. The largest absolute Gasteiger partial charge is 0.333 e. The fourth-order valence-electron chi connectivity index (χ4n) is 2.46. The molecule has 1 unspecified atom stereocenters. The maximum Gasteiger partial charge on any atom is 0.246 e. The Morgan fingerprint density at radius 1 is 1.47 bits per heavy atom. The Kier molecular flexibility index (Phi) is 3.42. The fraction of sp³-hybridized carbons (Fsp3) is 0.500. The van der Waals surface area contributed by atoms with Crippen LogP contribution in [0.1, 0.15) is 0 Å². The molecule has 3 heterocycles. The molecule has 2 aromatic heterocycles. The molecule has 2 N–H and O–H groups in total. The molecule has 0 aliphatic carbocycles. The maximum absolute atomic E-state index is 5.88. The van der Waals surface area contributed by atoms with Crippen LogP contribution in [-0.2, 0) is 0 Å². The smallest absolute Gasteiger partial charge is 0.246 e. The van der Waals surface area contributed by atoms with Crippen molar-refractivity contribution in [2.75, 3.05) is 38.1 Å². The summed E-state index contributed by atoms with van der Waals surface area (Å²) in [6.07, 6.45) is 1.91. The van der Waals surface area contributed by atoms with E-state index in [1.165, 1.54) is 0 Å². The molecule has 1 fully saturated rings. The third-order valence-corrected chi connectivity index (χ3v) is 4.14. The lowest BCUT2D eigenvalue weighted by atomic mass is 10.2. The molecule has 0 bridgehead atoms. The zero-order chi connectivity index (χ0) is 13.4. The Labute approximate surface area is 120 Å². The van der Waals surface area contributed by atoms with Crippen molar-refractivity contribution in [3.8, 4) is 0 Å². The number of fused-ring (bicyclic) bond motifs is 1. The van der Waals surface area contributed by atoms with Crippen LogP contribution in [0, 0.1) is 0 Å². The normalized spacial score (nSPS) is 21.2. The van der Waals surface area contributed by atoms with Gasteiger partial charge in [-0.1, -0.05) is 0 Å². The molecule has 6 nitrogen and oxygen atoms in total. The molecule has 7 heteroatoms. The summed E-state index contributed by atoms with van der Waals surface area (Å²) >= 11 is 3.50. The first-order valence-corrected chi connectivity index (χ1v) is 7.14. The molecule has 102 valence electrons. The van der Waals surface area contributed by atoms with Crippen molar-refractivity contribution in [1.82, 2.24) is 19.5 Å². The van der Waals surface area contributed by atoms with Crippen LogP contribution in [0.5, 0.6) is 0 Å². The maximum atomic E-state index is 5.88. The van der Waals surface area contributed by atoms with E-state index in [4.69, 9.17) is 5.73 Å². The molecule has 0 saturated carbocycles. The van der Waals surface area contributed by atoms with Gasteiger partial charge in [0.05, 0.1) is 10.5 Å². The summed E-state index contributed by atoms with van der Waals surface area (Å²) < 4.78 is 2.75. The van der Waals surface area contributed by atoms with Gasteiger partial charge in [0.25, 0.3) is 0 Å². The number of rotatable bonds is 2. The molecule has 1 saturated heterocycles. The summed E-state index contributed by atoms with van der Waals surface area (Å²) in [6, 6.07) is 4.19. The highest BCUT2D eigenvalue weighted by molar-refractivity contribution is 9.10. The second-order valence-corrected chi connectivity index (χ2v) is 5.74. The third kappa shape index (κ3) is 2.33. The molecule has 0 aromatic carbocycles. The number of nitrogens with zero attached hydrogens (tertiary/aromatic N) is 5. The molecular formula is C12H17BrN6. The standard InChI is InChI=1S/C12H17BrN6/c1-17-5-6-18(9(7-14)8-17)12-15-11-10(13)3-2-4-19(11)16-12/h2-4,9H,5-8,14H2,1H3. The van der Waals surface area contributed by atoms with Gasteiger partial charge in [-0.15, -0.1) is 5.10 Å². The highest BCUT2D eigenvalue weighted by Crippen LogP contribution is 2.21. The van der Waals surface area contributed by atoms with Crippen LogP contribution in [0.2, 0.25) is 0 Å². The van der Waals surface area contributed by atoms with Crippen molar-refractivity contribution in [1.29, 1.82) is 0 Å². The molecule has 1 aliphatic rings. The Hall–Kier alpha value is -1.18. The summed E-state index contributed by atoms with van der Waals surface area (Å²) in [6.45, 7) is 3.48. The first-order chi connectivity index (χ1) is 9.19. The number of halogens is 1. The third-order valence-electron chi connectivity index (χ3n) is 3.52. The van der Waals surface area contributed by atoms with E-state index < -0.39 is 0 Å². The Morgan fingerprint density at radius 3 is 3.05 bits per heavy atom. The molecule has 3 rings (SSSR count). The van der Waals surface area contributed by atoms with Crippen LogP contribution in [0.4, 0.5) is 5.95 Å². The molecule has 0 amide bonds. The van der Waals surface area contributed by atoms with Crippen LogP contribution < -0.4 is 10.6 Å². The Morgan fingerprint density at radius 2 is 2.32 bits per heavy atom. The van der Waals surface area contributed by atoms with Gasteiger partial charge in [-0.05, 0) is 35.1 Å². The van der Waals surface area contributed by atoms with Crippen molar-refractivity contribution in [3.63, 3.8) is 0 Å². The van der Waals surface area contributed by atoms with Crippen molar-refractivity contribution < 1.29 is 0 Å². The number of pyridine rings is 1. The van der Waals surface area contributed by atoms with Gasteiger partial charge in [0.15, 0.2) is 5.65 Å². The van der Waals surface area contributed by atoms with E-state index >= 15 is 0 Å². The summed E-state index contributed by atoms with van der Waals surface area (Å²) in [4.78, 5) is 9.12. The topological polar surface area (TPSA) is 62.7 Å². The summed E-state index contributed by atoms with van der Waals surface area (Å²) in [5.74, 6) is 0.760. The van der Waals surface area contributed by atoms with E-state index in [2.05, 4.69) is 42.9 Å². The van der Waals surface area contributed by atoms with E-state index in [1.54, 1.807) is 4.52 Å². The second kappa shape index (κ2) is 5.07. The number of nitrogens with two attached hydrogens (primary N) is 1. The minimum Gasteiger partial charge on any atom is -0.333 e. The van der Waals surface area contributed by atoms with E-state index in [1.807, 2.05) is 18.3 Å². The summed E-state index contributed by atoms with van der Waals surface area (Å²) in [7, 11) is 2.12. The minimum atomic E-state index is 0.273. The minimum absolute atomic E-state index is 0.273. The molecule has 0 spiro atoms. The van der Waals surface area contributed by atoms with Crippen molar-refractivity contribution in [2.24, 2.45) is 5.73 Å². The lowest BCUT2D eigenvalue weighted by Crippen LogP contribution is -2.55. The predicted octanol–water partition coefficient (Wildman–Crippen LogP) is 0.571. The van der Waals surface area contributed by atoms with Crippen molar-refractivity contribution >= 4 is 27.5 Å². The van der Waals surface area contributed by atoms with Crippen LogP contribution in [0.15, 0.2) is 22.8 Å². The predicted molar refractivity (Wildman–Crippen MR) is 78.4 cm³/mol. The van der Waals surface area contributed by atoms with Crippen molar-refractivity contribution in [3.05, 3.63) is 22.8 Å². The van der Waals surface area contributed by atoms with Crippen LogP contribution in [0.3, 0.4) is 0 Å². The van der Waals surface area contributed by atoms with Crippen LogP contribution >= 0.6 is 15.9 Å². The average molecular weight is 325 g/mol. The lowest BCUT2D eigenvalue weighted by Gasteiger charge is -2.38. The molecule has 1 atom stereocenters. The average Bonchev–Trinajstić information content (AvgIpc) is 2.83.